The molecule has 2 rings (SSSR count). The zero-order valence-corrected chi connectivity index (χ0v) is 13.4. The Kier molecular flexibility index (Phi) is 4.06. The average Bonchev–Trinajstić information content (AvgIpc) is 2.64. The molecule has 0 aliphatic rings. The molecule has 0 bridgehead atoms. The predicted octanol–water partition coefficient (Wildman–Crippen LogP) is 3.19. The third kappa shape index (κ3) is 2.72. The number of fused-ring (bicyclic) bond motifs is 1. The fraction of sp³-hybridized carbons (Fsp3) is 0.571. The summed E-state index contributed by atoms with van der Waals surface area (Å²) in [6.07, 6.45) is 0. The molecule has 0 atom stereocenters. The Morgan fingerprint density at radius 2 is 1.95 bits per heavy atom. The number of rotatable bonds is 4. The fourth-order valence-corrected chi connectivity index (χ4v) is 3.00. The predicted molar refractivity (Wildman–Crippen MR) is 83.0 cm³/mol. The van der Waals surface area contributed by atoms with Crippen molar-refractivity contribution in [2.75, 3.05) is 19.4 Å². The van der Waals surface area contributed by atoms with E-state index in [0.717, 1.165) is 23.0 Å². The van der Waals surface area contributed by atoms with Crippen molar-refractivity contribution in [3.8, 4) is 0 Å². The van der Waals surface area contributed by atoms with Crippen LogP contribution >= 0.6 is 11.3 Å². The molecule has 0 unspecified atom stereocenters. The monoisotopic (exact) mass is 278 g/mol. The molecule has 104 valence electrons. The lowest BCUT2D eigenvalue weighted by atomic mass is 10.2. The van der Waals surface area contributed by atoms with E-state index in [-0.39, 0.29) is 0 Å². The van der Waals surface area contributed by atoms with Gasteiger partial charge in [0.25, 0.3) is 0 Å². The van der Waals surface area contributed by atoms with E-state index in [2.05, 4.69) is 49.9 Å². The third-order valence-electron chi connectivity index (χ3n) is 3.58. The molecule has 0 aromatic carbocycles. The quantitative estimate of drug-likeness (QED) is 0.932. The molecule has 2 heterocycles. The summed E-state index contributed by atoms with van der Waals surface area (Å²) in [5, 5.41) is 4.37. The van der Waals surface area contributed by atoms with Crippen LogP contribution in [0.1, 0.15) is 30.1 Å². The van der Waals surface area contributed by atoms with Crippen LogP contribution in [-0.4, -0.2) is 35.0 Å². The Bertz CT molecular complexity index is 589. The lowest BCUT2D eigenvalue weighted by molar-refractivity contribution is 0.260. The first kappa shape index (κ1) is 14.2. The highest BCUT2D eigenvalue weighted by Crippen LogP contribution is 2.33. The van der Waals surface area contributed by atoms with Gasteiger partial charge in [0.05, 0.1) is 11.9 Å². The van der Waals surface area contributed by atoms with Crippen LogP contribution in [0.25, 0.3) is 10.2 Å². The molecule has 0 amide bonds. The van der Waals surface area contributed by atoms with Crippen LogP contribution in [0.15, 0.2) is 0 Å². The van der Waals surface area contributed by atoms with Crippen LogP contribution in [0.5, 0.6) is 0 Å². The zero-order chi connectivity index (χ0) is 14.2. The van der Waals surface area contributed by atoms with E-state index in [4.69, 9.17) is 4.98 Å². The van der Waals surface area contributed by atoms with Gasteiger partial charge >= 0.3 is 0 Å². The van der Waals surface area contributed by atoms with Crippen molar-refractivity contribution in [1.29, 1.82) is 0 Å². The number of nitrogens with one attached hydrogen (secondary N) is 1. The molecule has 0 radical (unpaired) electrons. The first-order chi connectivity index (χ1) is 8.93. The van der Waals surface area contributed by atoms with Gasteiger partial charge in [-0.1, -0.05) is 0 Å². The summed E-state index contributed by atoms with van der Waals surface area (Å²) in [5.74, 6) is 1.83. The van der Waals surface area contributed by atoms with E-state index in [1.165, 1.54) is 15.8 Å². The van der Waals surface area contributed by atoms with Crippen LogP contribution in [0.4, 0.5) is 5.82 Å². The van der Waals surface area contributed by atoms with Crippen LogP contribution < -0.4 is 5.32 Å². The van der Waals surface area contributed by atoms with Gasteiger partial charge in [-0.15, -0.1) is 11.3 Å². The van der Waals surface area contributed by atoms with E-state index in [1.807, 2.05) is 7.05 Å². The average molecular weight is 278 g/mol. The van der Waals surface area contributed by atoms with Crippen LogP contribution in [0, 0.1) is 13.8 Å². The maximum atomic E-state index is 4.71. The van der Waals surface area contributed by atoms with Gasteiger partial charge in [-0.2, -0.15) is 0 Å². The van der Waals surface area contributed by atoms with Crippen molar-refractivity contribution < 1.29 is 0 Å². The Hall–Kier alpha value is -1.20. The van der Waals surface area contributed by atoms with E-state index in [1.54, 1.807) is 11.3 Å². The number of aromatic nitrogens is 2. The summed E-state index contributed by atoms with van der Waals surface area (Å²) < 4.78 is 0. The number of thiophene rings is 1. The molecule has 2 aromatic rings. The molecule has 0 spiro atoms. The number of hydrogen-bond acceptors (Lipinski definition) is 5. The van der Waals surface area contributed by atoms with Crippen LogP contribution in [-0.2, 0) is 6.54 Å². The second kappa shape index (κ2) is 5.43. The number of hydrogen-bond donors (Lipinski definition) is 1. The van der Waals surface area contributed by atoms with Gasteiger partial charge in [-0.05, 0) is 40.3 Å². The van der Waals surface area contributed by atoms with Gasteiger partial charge in [-0.25, -0.2) is 9.97 Å². The molecule has 0 aliphatic carbocycles. The molecule has 1 N–H and O–H groups in total. The molecular weight excluding hydrogens is 256 g/mol. The minimum Gasteiger partial charge on any atom is -0.372 e. The topological polar surface area (TPSA) is 41.1 Å². The SMILES string of the molecule is CNc1nc(CN(C)C(C)C)nc2sc(C)c(C)c12. The first-order valence-electron chi connectivity index (χ1n) is 6.58. The van der Waals surface area contributed by atoms with Crippen molar-refractivity contribution in [3.05, 3.63) is 16.3 Å². The smallest absolute Gasteiger partial charge is 0.146 e. The normalized spacial score (nSPS) is 11.8. The zero-order valence-electron chi connectivity index (χ0n) is 12.5. The van der Waals surface area contributed by atoms with Gasteiger partial charge in [0.2, 0.25) is 0 Å². The minimum absolute atomic E-state index is 0.490. The first-order valence-corrected chi connectivity index (χ1v) is 7.40. The Labute approximate surface area is 118 Å². The number of anilines is 1. The van der Waals surface area contributed by atoms with Crippen molar-refractivity contribution in [2.45, 2.75) is 40.3 Å². The summed E-state index contributed by atoms with van der Waals surface area (Å²) in [4.78, 5) is 14.0. The van der Waals surface area contributed by atoms with Crippen LogP contribution in [0.2, 0.25) is 0 Å². The Morgan fingerprint density at radius 3 is 2.53 bits per heavy atom. The van der Waals surface area contributed by atoms with Gasteiger partial charge in [0.15, 0.2) is 0 Å². The number of nitrogens with zero attached hydrogens (tertiary/aromatic N) is 3. The molecule has 4 nitrogen and oxygen atoms in total. The Morgan fingerprint density at radius 1 is 1.26 bits per heavy atom. The third-order valence-corrected chi connectivity index (χ3v) is 4.69. The second-order valence-electron chi connectivity index (χ2n) is 5.21. The fourth-order valence-electron chi connectivity index (χ4n) is 1.95. The van der Waals surface area contributed by atoms with Gasteiger partial charge in [-0.3, -0.25) is 4.90 Å². The van der Waals surface area contributed by atoms with Crippen LogP contribution in [0.3, 0.4) is 0 Å². The summed E-state index contributed by atoms with van der Waals surface area (Å²) >= 11 is 1.75. The summed E-state index contributed by atoms with van der Waals surface area (Å²) in [6, 6.07) is 0.490. The summed E-state index contributed by atoms with van der Waals surface area (Å²) in [7, 11) is 4.02. The standard InChI is InChI=1S/C14H22N4S/c1-8(2)18(6)7-11-16-13(15-5)12-9(3)10(4)19-14(12)17-11/h8H,7H2,1-6H3,(H,15,16,17). The summed E-state index contributed by atoms with van der Waals surface area (Å²) in [6.45, 7) is 9.41. The van der Waals surface area contributed by atoms with E-state index >= 15 is 0 Å². The Balaban J connectivity index is 2.48. The second-order valence-corrected chi connectivity index (χ2v) is 6.41. The largest absolute Gasteiger partial charge is 0.372 e. The summed E-state index contributed by atoms with van der Waals surface area (Å²) in [5.41, 5.74) is 1.29. The molecule has 5 heteroatoms. The highest BCUT2D eigenvalue weighted by Gasteiger charge is 2.15. The van der Waals surface area contributed by atoms with E-state index in [9.17, 15) is 0 Å². The van der Waals surface area contributed by atoms with Gasteiger partial charge in [0, 0.05) is 18.0 Å². The van der Waals surface area contributed by atoms with Gasteiger partial charge in [0.1, 0.15) is 16.5 Å². The van der Waals surface area contributed by atoms with E-state index < -0.39 is 0 Å². The lowest BCUT2D eigenvalue weighted by Crippen LogP contribution is -2.26. The van der Waals surface area contributed by atoms with Crippen molar-refractivity contribution in [1.82, 2.24) is 14.9 Å². The van der Waals surface area contributed by atoms with Crippen molar-refractivity contribution in [2.24, 2.45) is 0 Å². The minimum atomic E-state index is 0.490. The maximum Gasteiger partial charge on any atom is 0.146 e. The number of aryl methyl sites for hydroxylation is 2. The molecule has 0 fully saturated rings. The van der Waals surface area contributed by atoms with Crippen molar-refractivity contribution >= 4 is 27.4 Å². The molecular formula is C14H22N4S. The molecule has 0 saturated carbocycles. The molecule has 19 heavy (non-hydrogen) atoms. The van der Waals surface area contributed by atoms with Crippen molar-refractivity contribution in [3.63, 3.8) is 0 Å². The molecule has 0 saturated heterocycles. The van der Waals surface area contributed by atoms with E-state index in [0.29, 0.717) is 6.04 Å². The highest BCUT2D eigenvalue weighted by atomic mass is 32.1. The maximum absolute atomic E-state index is 4.71. The molecule has 2 aromatic heterocycles. The molecule has 0 aliphatic heterocycles. The highest BCUT2D eigenvalue weighted by molar-refractivity contribution is 7.18. The van der Waals surface area contributed by atoms with Gasteiger partial charge < -0.3 is 5.32 Å². The lowest BCUT2D eigenvalue weighted by Gasteiger charge is -2.20.